The predicted molar refractivity (Wildman–Crippen MR) is 112 cm³/mol. The van der Waals surface area contributed by atoms with Gasteiger partial charge in [0.2, 0.25) is 0 Å². The molecule has 3 aromatic carbocycles. The van der Waals surface area contributed by atoms with Gasteiger partial charge < -0.3 is 15.2 Å². The predicted octanol–water partition coefficient (Wildman–Crippen LogP) is 5.06. The van der Waals surface area contributed by atoms with Crippen LogP contribution in [0, 0.1) is 0 Å². The quantitative estimate of drug-likeness (QED) is 0.571. The van der Waals surface area contributed by atoms with Gasteiger partial charge in [0.25, 0.3) is 0 Å². The number of hydrogen-bond acceptors (Lipinski definition) is 3. The van der Waals surface area contributed by atoms with Crippen LogP contribution in [0.4, 0.5) is 4.79 Å². The molecule has 29 heavy (non-hydrogen) atoms. The summed E-state index contributed by atoms with van der Waals surface area (Å²) in [6.45, 7) is 0.488. The third-order valence-electron chi connectivity index (χ3n) is 4.26. The number of halogens is 1. The molecule has 1 amide bonds. The number of hydrogen-bond donors (Lipinski definition) is 2. The van der Waals surface area contributed by atoms with Gasteiger partial charge in [-0.1, -0.05) is 66.2 Å². The Morgan fingerprint density at radius 2 is 1.48 bits per heavy atom. The second-order valence-electron chi connectivity index (χ2n) is 6.53. The molecule has 6 heteroatoms. The largest absolute Gasteiger partial charge is 0.481 e. The maximum atomic E-state index is 11.9. The van der Waals surface area contributed by atoms with Crippen molar-refractivity contribution in [2.24, 2.45) is 0 Å². The molecule has 0 spiro atoms. The third-order valence-corrected chi connectivity index (χ3v) is 4.51. The Morgan fingerprint density at radius 3 is 2.14 bits per heavy atom. The molecule has 0 aliphatic carbocycles. The Morgan fingerprint density at radius 1 is 0.862 bits per heavy atom. The molecule has 3 aromatic rings. The van der Waals surface area contributed by atoms with Crippen LogP contribution in [0.3, 0.4) is 0 Å². The summed E-state index contributed by atoms with van der Waals surface area (Å²) in [6, 6.07) is 22.2. The normalized spacial score (nSPS) is 10.4. The summed E-state index contributed by atoms with van der Waals surface area (Å²) in [5, 5.41) is 12.3. The van der Waals surface area contributed by atoms with Crippen molar-refractivity contribution in [3.05, 3.63) is 94.5 Å². The maximum absolute atomic E-state index is 11.9. The minimum atomic E-state index is -0.864. The summed E-state index contributed by atoms with van der Waals surface area (Å²) in [5.74, 6) is -0.864. The van der Waals surface area contributed by atoms with E-state index < -0.39 is 12.1 Å². The molecule has 0 aliphatic rings. The first-order valence-corrected chi connectivity index (χ1v) is 9.42. The van der Waals surface area contributed by atoms with Gasteiger partial charge in [0.15, 0.2) is 0 Å². The smallest absolute Gasteiger partial charge is 0.407 e. The van der Waals surface area contributed by atoms with E-state index in [1.807, 2.05) is 42.5 Å². The first kappa shape index (κ1) is 20.4. The van der Waals surface area contributed by atoms with E-state index in [2.05, 4.69) is 5.32 Å². The van der Waals surface area contributed by atoms with Crippen molar-refractivity contribution in [2.45, 2.75) is 19.6 Å². The summed E-state index contributed by atoms with van der Waals surface area (Å²) in [5.41, 5.74) is 4.38. The number of ether oxygens (including phenoxy) is 1. The number of alkyl carbamates (subject to hydrolysis) is 1. The van der Waals surface area contributed by atoms with Crippen molar-refractivity contribution in [3.63, 3.8) is 0 Å². The zero-order chi connectivity index (χ0) is 20.6. The average Bonchev–Trinajstić information content (AvgIpc) is 2.72. The van der Waals surface area contributed by atoms with Crippen LogP contribution in [0.25, 0.3) is 11.1 Å². The second-order valence-corrected chi connectivity index (χ2v) is 6.96. The fraction of sp³-hybridized carbons (Fsp3) is 0.130. The van der Waals surface area contributed by atoms with E-state index in [0.29, 0.717) is 11.6 Å². The standard InChI is InChI=1S/C23H20ClNO4/c24-21-9-7-16(8-10-21)15-29-23(28)25-14-18-4-2-6-20(12-18)19-5-1-3-17(11-19)13-22(26)27/h1-12H,13-15H2,(H,25,28)(H,26,27). The Labute approximate surface area is 173 Å². The highest BCUT2D eigenvalue weighted by atomic mass is 35.5. The maximum Gasteiger partial charge on any atom is 0.407 e. The summed E-state index contributed by atoms with van der Waals surface area (Å²) >= 11 is 5.83. The fourth-order valence-corrected chi connectivity index (χ4v) is 2.98. The van der Waals surface area contributed by atoms with E-state index in [4.69, 9.17) is 21.4 Å². The molecule has 5 nitrogen and oxygen atoms in total. The minimum absolute atomic E-state index is 0.0193. The second kappa shape index (κ2) is 9.75. The van der Waals surface area contributed by atoms with E-state index in [1.165, 1.54) is 0 Å². The lowest BCUT2D eigenvalue weighted by Crippen LogP contribution is -2.23. The molecule has 0 aliphatic heterocycles. The third kappa shape index (κ3) is 6.36. The lowest BCUT2D eigenvalue weighted by atomic mass is 10.00. The van der Waals surface area contributed by atoms with Crippen molar-refractivity contribution in [2.75, 3.05) is 0 Å². The summed E-state index contributed by atoms with van der Waals surface area (Å²) in [7, 11) is 0. The molecule has 0 unspecified atom stereocenters. The van der Waals surface area contributed by atoms with Crippen LogP contribution in [0.15, 0.2) is 72.8 Å². The number of carbonyl (C=O) groups is 2. The van der Waals surface area contributed by atoms with Crippen molar-refractivity contribution < 1.29 is 19.4 Å². The Bertz CT molecular complexity index is 1000. The first-order valence-electron chi connectivity index (χ1n) is 9.05. The van der Waals surface area contributed by atoms with Gasteiger partial charge in [0.05, 0.1) is 6.42 Å². The van der Waals surface area contributed by atoms with Crippen LogP contribution in [0.1, 0.15) is 16.7 Å². The highest BCUT2D eigenvalue weighted by Gasteiger charge is 2.06. The molecule has 0 fully saturated rings. The van der Waals surface area contributed by atoms with Crippen LogP contribution in [0.2, 0.25) is 5.02 Å². The Kier molecular flexibility index (Phi) is 6.87. The molecule has 0 saturated heterocycles. The number of carboxylic acid groups (broad SMARTS) is 1. The van der Waals surface area contributed by atoms with E-state index in [-0.39, 0.29) is 13.0 Å². The van der Waals surface area contributed by atoms with Gasteiger partial charge in [-0.3, -0.25) is 4.79 Å². The SMILES string of the molecule is O=C(O)Cc1cccc(-c2cccc(CNC(=O)OCc3ccc(Cl)cc3)c2)c1. The number of amides is 1. The first-order chi connectivity index (χ1) is 14.0. The van der Waals surface area contributed by atoms with E-state index in [9.17, 15) is 9.59 Å². The van der Waals surface area contributed by atoms with Gasteiger partial charge in [-0.25, -0.2) is 4.79 Å². The van der Waals surface area contributed by atoms with Crippen LogP contribution in [-0.4, -0.2) is 17.2 Å². The zero-order valence-electron chi connectivity index (χ0n) is 15.6. The van der Waals surface area contributed by atoms with Crippen molar-refractivity contribution >= 4 is 23.7 Å². The summed E-state index contributed by atoms with van der Waals surface area (Å²) in [4.78, 5) is 22.9. The van der Waals surface area contributed by atoms with Crippen LogP contribution in [0.5, 0.6) is 0 Å². The number of nitrogens with one attached hydrogen (secondary N) is 1. The van der Waals surface area contributed by atoms with Crippen molar-refractivity contribution in [3.8, 4) is 11.1 Å². The zero-order valence-corrected chi connectivity index (χ0v) is 16.4. The molecule has 0 heterocycles. The van der Waals surface area contributed by atoms with Gasteiger partial charge in [-0.05, 0) is 46.0 Å². The van der Waals surface area contributed by atoms with Crippen LogP contribution in [-0.2, 0) is 29.1 Å². The summed E-state index contributed by atoms with van der Waals surface area (Å²) < 4.78 is 5.21. The van der Waals surface area contributed by atoms with Crippen LogP contribution < -0.4 is 5.32 Å². The molecule has 3 rings (SSSR count). The number of benzene rings is 3. The molecular weight excluding hydrogens is 390 g/mol. The van der Waals surface area contributed by atoms with E-state index >= 15 is 0 Å². The van der Waals surface area contributed by atoms with Crippen molar-refractivity contribution in [1.82, 2.24) is 5.32 Å². The highest BCUT2D eigenvalue weighted by Crippen LogP contribution is 2.22. The number of rotatable bonds is 7. The Balaban J connectivity index is 1.57. The number of aliphatic carboxylic acids is 1. The molecule has 0 aromatic heterocycles. The lowest BCUT2D eigenvalue weighted by Gasteiger charge is -2.09. The van der Waals surface area contributed by atoms with E-state index in [0.717, 1.165) is 27.8 Å². The Hall–Kier alpha value is -3.31. The van der Waals surface area contributed by atoms with Gasteiger partial charge >= 0.3 is 12.1 Å². The van der Waals surface area contributed by atoms with Gasteiger partial charge in [-0.2, -0.15) is 0 Å². The molecule has 148 valence electrons. The molecule has 2 N–H and O–H groups in total. The number of carboxylic acids is 1. The van der Waals surface area contributed by atoms with Gasteiger partial charge in [0.1, 0.15) is 6.61 Å². The highest BCUT2D eigenvalue weighted by molar-refractivity contribution is 6.30. The lowest BCUT2D eigenvalue weighted by molar-refractivity contribution is -0.136. The topological polar surface area (TPSA) is 75.6 Å². The number of carbonyl (C=O) groups excluding carboxylic acids is 1. The molecule has 0 saturated carbocycles. The van der Waals surface area contributed by atoms with Gasteiger partial charge in [-0.15, -0.1) is 0 Å². The van der Waals surface area contributed by atoms with E-state index in [1.54, 1.807) is 30.3 Å². The monoisotopic (exact) mass is 409 g/mol. The molecule has 0 bridgehead atoms. The molecular formula is C23H20ClNO4. The fourth-order valence-electron chi connectivity index (χ4n) is 2.85. The van der Waals surface area contributed by atoms with Gasteiger partial charge in [0, 0.05) is 11.6 Å². The average molecular weight is 410 g/mol. The van der Waals surface area contributed by atoms with Crippen LogP contribution >= 0.6 is 11.6 Å². The minimum Gasteiger partial charge on any atom is -0.481 e. The summed E-state index contributed by atoms with van der Waals surface area (Å²) in [6.07, 6.45) is -0.525. The molecule has 0 radical (unpaired) electrons. The molecule has 0 atom stereocenters. The van der Waals surface area contributed by atoms with Crippen molar-refractivity contribution in [1.29, 1.82) is 0 Å².